The molecule has 1 rings (SSSR count). The zero-order chi connectivity index (χ0) is 11.4. The molecular weight excluding hydrogens is 206 g/mol. The van der Waals surface area contributed by atoms with E-state index in [9.17, 15) is 8.78 Å². The van der Waals surface area contributed by atoms with Crippen molar-refractivity contribution in [2.75, 3.05) is 7.11 Å². The molecule has 3 N–H and O–H groups in total. The maximum atomic E-state index is 11.9. The van der Waals surface area contributed by atoms with Crippen LogP contribution in [0.2, 0.25) is 0 Å². The van der Waals surface area contributed by atoms with Crippen LogP contribution in [-0.4, -0.2) is 19.6 Å². The molecule has 0 aliphatic carbocycles. The van der Waals surface area contributed by atoms with Gasteiger partial charge in [-0.05, 0) is 12.1 Å². The maximum absolute atomic E-state index is 11.9. The molecule has 0 fully saturated rings. The van der Waals surface area contributed by atoms with Gasteiger partial charge in [-0.25, -0.2) is 0 Å². The quantitative estimate of drug-likeness (QED) is 0.593. The summed E-state index contributed by atoms with van der Waals surface area (Å²) in [6, 6.07) is 4.00. The Morgan fingerprint density at radius 2 is 1.93 bits per heavy atom. The van der Waals surface area contributed by atoms with Crippen LogP contribution in [0.1, 0.15) is 5.56 Å². The average molecular weight is 216 g/mol. The number of nitrogen functional groups attached to an aromatic ring is 1. The number of rotatable bonds is 4. The van der Waals surface area contributed by atoms with Gasteiger partial charge in [0, 0.05) is 11.6 Å². The molecule has 0 aliphatic rings. The van der Waals surface area contributed by atoms with Crippen molar-refractivity contribution in [2.45, 2.75) is 6.61 Å². The lowest BCUT2D eigenvalue weighted by Crippen LogP contribution is -2.12. The Balaban J connectivity index is 3.05. The molecule has 1 aromatic rings. The van der Waals surface area contributed by atoms with Crippen molar-refractivity contribution in [3.8, 4) is 11.5 Å². The summed E-state index contributed by atoms with van der Waals surface area (Å²) < 4.78 is 32.9. The third-order valence-corrected chi connectivity index (χ3v) is 1.65. The zero-order valence-electron chi connectivity index (χ0n) is 7.96. The molecule has 4 nitrogen and oxygen atoms in total. The number of hydrogen-bond acceptors (Lipinski definition) is 3. The maximum Gasteiger partial charge on any atom is 0.387 e. The van der Waals surface area contributed by atoms with Crippen molar-refractivity contribution >= 4 is 5.84 Å². The third kappa shape index (κ3) is 3.08. The number of ether oxygens (including phenoxy) is 2. The minimum atomic E-state index is -2.92. The minimum absolute atomic E-state index is 0.0884. The van der Waals surface area contributed by atoms with Gasteiger partial charge in [0.1, 0.15) is 17.3 Å². The predicted octanol–water partition coefficient (Wildman–Crippen LogP) is 1.58. The lowest BCUT2D eigenvalue weighted by molar-refractivity contribution is -0.0499. The Morgan fingerprint density at radius 1 is 1.33 bits per heavy atom. The smallest absolute Gasteiger partial charge is 0.387 e. The second-order valence-corrected chi connectivity index (χ2v) is 2.69. The highest BCUT2D eigenvalue weighted by Gasteiger charge is 2.08. The van der Waals surface area contributed by atoms with Crippen molar-refractivity contribution in [1.29, 1.82) is 5.41 Å². The van der Waals surface area contributed by atoms with Crippen molar-refractivity contribution in [3.05, 3.63) is 23.8 Å². The molecule has 0 spiro atoms. The molecule has 0 aliphatic heterocycles. The van der Waals surface area contributed by atoms with Crippen molar-refractivity contribution in [1.82, 2.24) is 0 Å². The van der Waals surface area contributed by atoms with Crippen molar-refractivity contribution < 1.29 is 18.3 Å². The van der Waals surface area contributed by atoms with Crippen LogP contribution in [0.4, 0.5) is 8.78 Å². The van der Waals surface area contributed by atoms with Gasteiger partial charge in [-0.3, -0.25) is 5.41 Å². The highest BCUT2D eigenvalue weighted by molar-refractivity contribution is 5.95. The van der Waals surface area contributed by atoms with Gasteiger partial charge in [0.2, 0.25) is 0 Å². The first-order chi connectivity index (χ1) is 7.02. The molecule has 6 heteroatoms. The van der Waals surface area contributed by atoms with E-state index < -0.39 is 6.61 Å². The summed E-state index contributed by atoms with van der Waals surface area (Å²) in [6.07, 6.45) is 0. The fourth-order valence-corrected chi connectivity index (χ4v) is 1.02. The molecule has 0 unspecified atom stereocenters. The molecule has 82 valence electrons. The Bertz CT molecular complexity index is 369. The topological polar surface area (TPSA) is 68.3 Å². The van der Waals surface area contributed by atoms with Crippen LogP contribution < -0.4 is 15.2 Å². The molecule has 15 heavy (non-hydrogen) atoms. The number of hydrogen-bond donors (Lipinski definition) is 2. The van der Waals surface area contributed by atoms with Crippen LogP contribution in [0.15, 0.2) is 18.2 Å². The van der Waals surface area contributed by atoms with Crippen LogP contribution in [0.5, 0.6) is 11.5 Å². The van der Waals surface area contributed by atoms with Crippen LogP contribution in [-0.2, 0) is 0 Å². The monoisotopic (exact) mass is 216 g/mol. The number of halogens is 2. The third-order valence-electron chi connectivity index (χ3n) is 1.65. The van der Waals surface area contributed by atoms with Crippen LogP contribution >= 0.6 is 0 Å². The fourth-order valence-electron chi connectivity index (χ4n) is 1.02. The number of nitrogens with one attached hydrogen (secondary N) is 1. The minimum Gasteiger partial charge on any atom is -0.497 e. The first kappa shape index (κ1) is 11.2. The number of methoxy groups -OCH3 is 1. The Morgan fingerprint density at radius 3 is 2.40 bits per heavy atom. The van der Waals surface area contributed by atoms with E-state index in [0.29, 0.717) is 5.75 Å². The van der Waals surface area contributed by atoms with Gasteiger partial charge >= 0.3 is 6.61 Å². The molecule has 0 heterocycles. The van der Waals surface area contributed by atoms with E-state index in [2.05, 4.69) is 4.74 Å². The average Bonchev–Trinajstić information content (AvgIpc) is 2.16. The Labute approximate surface area is 85.1 Å². The normalized spacial score (nSPS) is 10.1. The van der Waals surface area contributed by atoms with Gasteiger partial charge in [-0.1, -0.05) is 0 Å². The molecule has 0 saturated heterocycles. The number of benzene rings is 1. The highest BCUT2D eigenvalue weighted by atomic mass is 19.3. The van der Waals surface area contributed by atoms with Crippen molar-refractivity contribution in [2.24, 2.45) is 5.73 Å². The Kier molecular flexibility index (Phi) is 3.43. The fraction of sp³-hybridized carbons (Fsp3) is 0.222. The van der Waals surface area contributed by atoms with E-state index in [-0.39, 0.29) is 17.1 Å². The molecular formula is C9H10F2N2O2. The van der Waals surface area contributed by atoms with Crippen LogP contribution in [0, 0.1) is 5.41 Å². The van der Waals surface area contributed by atoms with Gasteiger partial charge in [0.15, 0.2) is 0 Å². The molecule has 0 radical (unpaired) electrons. The summed E-state index contributed by atoms with van der Waals surface area (Å²) in [4.78, 5) is 0. The van der Waals surface area contributed by atoms with E-state index in [4.69, 9.17) is 15.9 Å². The molecule has 0 amide bonds. The molecule has 0 bridgehead atoms. The second kappa shape index (κ2) is 4.59. The standard InChI is InChI=1S/C9H10F2N2O2/c1-14-6-2-5(8(12)13)3-7(4-6)15-9(10)11/h2-4,9H,1H3,(H3,12,13). The first-order valence-electron chi connectivity index (χ1n) is 4.01. The molecule has 0 saturated carbocycles. The van der Waals surface area contributed by atoms with Gasteiger partial charge in [0.05, 0.1) is 7.11 Å². The number of alkyl halides is 2. The lowest BCUT2D eigenvalue weighted by atomic mass is 10.2. The van der Waals surface area contributed by atoms with Crippen LogP contribution in [0.25, 0.3) is 0 Å². The molecule has 1 aromatic carbocycles. The summed E-state index contributed by atoms with van der Waals surface area (Å²) in [5, 5.41) is 7.17. The first-order valence-corrected chi connectivity index (χ1v) is 4.01. The van der Waals surface area contributed by atoms with E-state index >= 15 is 0 Å². The summed E-state index contributed by atoms with van der Waals surface area (Å²) in [5.41, 5.74) is 5.49. The van der Waals surface area contributed by atoms with Gasteiger partial charge in [-0.15, -0.1) is 0 Å². The summed E-state index contributed by atoms with van der Waals surface area (Å²) in [5.74, 6) is -0.0269. The Hall–Kier alpha value is -1.85. The zero-order valence-corrected chi connectivity index (χ0v) is 7.96. The van der Waals surface area contributed by atoms with E-state index in [1.165, 1.54) is 25.3 Å². The van der Waals surface area contributed by atoms with Gasteiger partial charge in [-0.2, -0.15) is 8.78 Å². The van der Waals surface area contributed by atoms with E-state index in [1.807, 2.05) is 0 Å². The second-order valence-electron chi connectivity index (χ2n) is 2.69. The summed E-state index contributed by atoms with van der Waals surface area (Å²) in [6.45, 7) is -2.92. The summed E-state index contributed by atoms with van der Waals surface area (Å²) >= 11 is 0. The SMILES string of the molecule is COc1cc(OC(F)F)cc(C(=N)N)c1. The van der Waals surface area contributed by atoms with E-state index in [0.717, 1.165) is 0 Å². The van der Waals surface area contributed by atoms with Crippen LogP contribution in [0.3, 0.4) is 0 Å². The van der Waals surface area contributed by atoms with Gasteiger partial charge in [0.25, 0.3) is 0 Å². The lowest BCUT2D eigenvalue weighted by Gasteiger charge is -2.08. The summed E-state index contributed by atoms with van der Waals surface area (Å²) in [7, 11) is 1.38. The number of nitrogens with two attached hydrogens (primary N) is 1. The predicted molar refractivity (Wildman–Crippen MR) is 50.6 cm³/mol. The largest absolute Gasteiger partial charge is 0.497 e. The molecule has 0 atom stereocenters. The van der Waals surface area contributed by atoms with E-state index in [1.54, 1.807) is 0 Å². The molecule has 0 aromatic heterocycles. The van der Waals surface area contributed by atoms with Crippen molar-refractivity contribution in [3.63, 3.8) is 0 Å². The number of amidine groups is 1. The van der Waals surface area contributed by atoms with Gasteiger partial charge < -0.3 is 15.2 Å². The highest BCUT2D eigenvalue weighted by Crippen LogP contribution is 2.23.